The van der Waals surface area contributed by atoms with Crippen LogP contribution in [0.1, 0.15) is 388 Å². The van der Waals surface area contributed by atoms with E-state index in [0.29, 0.717) is 31.6 Å². The number of hydrogen-bond acceptors (Lipinski definition) is 15. The van der Waals surface area contributed by atoms with Crippen molar-refractivity contribution in [2.24, 2.45) is 5.92 Å². The highest BCUT2D eigenvalue weighted by molar-refractivity contribution is 7.47. The quantitative estimate of drug-likeness (QED) is 0.0222. The van der Waals surface area contributed by atoms with Crippen LogP contribution in [0.5, 0.6) is 0 Å². The summed E-state index contributed by atoms with van der Waals surface area (Å²) in [5.74, 6) is -1.46. The van der Waals surface area contributed by atoms with Crippen molar-refractivity contribution in [1.82, 2.24) is 0 Å². The van der Waals surface area contributed by atoms with Gasteiger partial charge in [0.15, 0.2) is 12.2 Å². The molecule has 3 N–H and O–H groups in total. The van der Waals surface area contributed by atoms with Gasteiger partial charge >= 0.3 is 39.5 Å². The van der Waals surface area contributed by atoms with E-state index < -0.39 is 97.5 Å². The van der Waals surface area contributed by atoms with Crippen molar-refractivity contribution >= 4 is 39.5 Å². The number of ether oxygens (including phenoxy) is 4. The molecule has 0 aromatic carbocycles. The van der Waals surface area contributed by atoms with Crippen molar-refractivity contribution in [2.45, 2.75) is 406 Å². The standard InChI is InChI=1S/C74H144O17P2/c1-6-9-12-15-18-21-23-25-27-28-29-30-31-32-34-36-38-40-43-49-54-59-73(78)90-69(63-85-72(77)58-53-48-42-39-37-35-33-26-24-22-19-16-13-10-7-2)65-88-92(80,81)86-61-68(75)62-87-93(82,83)89-66-70(64-84-71(76)57-52-47-41-20-17-14-11-8-3)91-74(79)60-55-50-45-44-46-51-56-67(4)5/h67-70,75H,6-66H2,1-5H3,(H,80,81)(H,82,83)/t68-,69-,70-/m1/s1. The van der Waals surface area contributed by atoms with Crippen molar-refractivity contribution in [3.63, 3.8) is 0 Å². The number of rotatable bonds is 74. The Labute approximate surface area is 568 Å². The fraction of sp³-hybridized carbons (Fsp3) is 0.946. The summed E-state index contributed by atoms with van der Waals surface area (Å²) < 4.78 is 68.3. The fourth-order valence-corrected chi connectivity index (χ4v) is 12.9. The summed E-state index contributed by atoms with van der Waals surface area (Å²) in [6, 6.07) is 0. The van der Waals surface area contributed by atoms with Crippen LogP contribution in [0.3, 0.4) is 0 Å². The maximum Gasteiger partial charge on any atom is 0.472 e. The summed E-state index contributed by atoms with van der Waals surface area (Å²) in [5, 5.41) is 10.6. The minimum absolute atomic E-state index is 0.102. The van der Waals surface area contributed by atoms with E-state index >= 15 is 0 Å². The molecule has 0 amide bonds. The normalized spacial score (nSPS) is 14.0. The molecule has 5 atom stereocenters. The predicted octanol–water partition coefficient (Wildman–Crippen LogP) is 21.7. The van der Waals surface area contributed by atoms with E-state index in [-0.39, 0.29) is 25.7 Å². The monoisotopic (exact) mass is 1370 g/mol. The SMILES string of the molecule is CCCCCCCCCCCCCCCCCCCCCCCC(=O)O[C@H](COC(=O)CCCCCCCCCCCCCCCCC)COP(=O)(O)OC[C@@H](O)COP(=O)(O)OC[C@@H](COC(=O)CCCCCCCCCC)OC(=O)CCCCCCCCC(C)C. The number of hydrogen-bond donors (Lipinski definition) is 3. The van der Waals surface area contributed by atoms with Crippen molar-refractivity contribution in [3.05, 3.63) is 0 Å². The van der Waals surface area contributed by atoms with Gasteiger partial charge in [-0.3, -0.25) is 37.3 Å². The van der Waals surface area contributed by atoms with E-state index in [1.165, 1.54) is 205 Å². The number of esters is 4. The number of aliphatic hydroxyl groups excluding tert-OH is 1. The van der Waals surface area contributed by atoms with Crippen LogP contribution in [0.15, 0.2) is 0 Å². The Morgan fingerprint density at radius 3 is 0.731 bits per heavy atom. The molecular weight excluding hydrogens is 1220 g/mol. The molecule has 0 saturated carbocycles. The smallest absolute Gasteiger partial charge is 0.462 e. The summed E-state index contributed by atoms with van der Waals surface area (Å²) in [7, 11) is -9.90. The number of aliphatic hydroxyl groups is 1. The first-order valence-corrected chi connectivity index (χ1v) is 41.6. The second kappa shape index (κ2) is 67.3. The Bertz CT molecular complexity index is 1790. The van der Waals surface area contributed by atoms with E-state index in [0.717, 1.165) is 96.3 Å². The minimum atomic E-state index is -4.95. The highest BCUT2D eigenvalue weighted by Gasteiger charge is 2.30. The Hall–Kier alpha value is -1.94. The fourth-order valence-electron chi connectivity index (χ4n) is 11.4. The molecule has 0 aliphatic carbocycles. The first kappa shape index (κ1) is 91.1. The van der Waals surface area contributed by atoms with Gasteiger partial charge in [0.2, 0.25) is 0 Å². The molecule has 0 radical (unpaired) electrons. The molecule has 2 unspecified atom stereocenters. The zero-order chi connectivity index (χ0) is 68.4. The van der Waals surface area contributed by atoms with Crippen LogP contribution < -0.4 is 0 Å². The Balaban J connectivity index is 5.15. The molecule has 0 aromatic heterocycles. The highest BCUT2D eigenvalue weighted by atomic mass is 31.2. The largest absolute Gasteiger partial charge is 0.472 e. The maximum absolute atomic E-state index is 13.1. The van der Waals surface area contributed by atoms with Gasteiger partial charge in [0.05, 0.1) is 26.4 Å². The lowest BCUT2D eigenvalue weighted by Gasteiger charge is -2.21. The summed E-state index contributed by atoms with van der Waals surface area (Å²) in [4.78, 5) is 72.5. The molecule has 0 rings (SSSR count). The van der Waals surface area contributed by atoms with Crippen molar-refractivity contribution in [2.75, 3.05) is 39.6 Å². The third-order valence-electron chi connectivity index (χ3n) is 17.3. The zero-order valence-electron chi connectivity index (χ0n) is 60.4. The summed E-state index contributed by atoms with van der Waals surface area (Å²) >= 11 is 0. The first-order valence-electron chi connectivity index (χ1n) is 38.6. The minimum Gasteiger partial charge on any atom is -0.462 e. The number of carbonyl (C=O) groups is 4. The average Bonchev–Trinajstić information content (AvgIpc) is 2.59. The van der Waals surface area contributed by atoms with E-state index in [9.17, 15) is 43.2 Å². The molecule has 0 aliphatic rings. The van der Waals surface area contributed by atoms with Crippen LogP contribution in [0, 0.1) is 5.92 Å². The van der Waals surface area contributed by atoms with Gasteiger partial charge in [-0.25, -0.2) is 9.13 Å². The average molecular weight is 1370 g/mol. The van der Waals surface area contributed by atoms with Crippen LogP contribution in [0.2, 0.25) is 0 Å². The van der Waals surface area contributed by atoms with Gasteiger partial charge < -0.3 is 33.8 Å². The molecule has 0 heterocycles. The molecule has 0 aliphatic heterocycles. The van der Waals surface area contributed by atoms with Crippen LogP contribution in [0.4, 0.5) is 0 Å². The van der Waals surface area contributed by atoms with Crippen LogP contribution in [-0.2, 0) is 65.4 Å². The third kappa shape index (κ3) is 68.4. The van der Waals surface area contributed by atoms with E-state index in [1.54, 1.807) is 0 Å². The van der Waals surface area contributed by atoms with Crippen LogP contribution in [-0.4, -0.2) is 96.7 Å². The van der Waals surface area contributed by atoms with Gasteiger partial charge in [-0.1, -0.05) is 336 Å². The lowest BCUT2D eigenvalue weighted by Crippen LogP contribution is -2.30. The number of phosphoric ester groups is 2. The predicted molar refractivity (Wildman–Crippen MR) is 377 cm³/mol. The third-order valence-corrected chi connectivity index (χ3v) is 19.2. The summed E-state index contributed by atoms with van der Waals surface area (Å²) in [5.41, 5.74) is 0. The molecule has 19 heteroatoms. The number of phosphoric acid groups is 2. The molecule has 0 bridgehead atoms. The zero-order valence-corrected chi connectivity index (χ0v) is 62.2. The molecule has 0 fully saturated rings. The van der Waals surface area contributed by atoms with Crippen molar-refractivity contribution in [3.8, 4) is 0 Å². The molecule has 17 nitrogen and oxygen atoms in total. The summed E-state index contributed by atoms with van der Waals surface area (Å²) in [6.45, 7) is 7.15. The van der Waals surface area contributed by atoms with E-state index in [2.05, 4.69) is 34.6 Å². The Morgan fingerprint density at radius 2 is 0.495 bits per heavy atom. The van der Waals surface area contributed by atoms with E-state index in [1.807, 2.05) is 0 Å². The number of carbonyl (C=O) groups excluding carboxylic acids is 4. The molecule has 0 spiro atoms. The van der Waals surface area contributed by atoms with Gasteiger partial charge in [-0.05, 0) is 31.6 Å². The second-order valence-electron chi connectivity index (χ2n) is 27.2. The molecular formula is C74H144O17P2. The lowest BCUT2D eigenvalue weighted by atomic mass is 10.0. The van der Waals surface area contributed by atoms with E-state index in [4.69, 9.17) is 37.0 Å². The van der Waals surface area contributed by atoms with Gasteiger partial charge in [0.1, 0.15) is 19.3 Å². The Morgan fingerprint density at radius 1 is 0.290 bits per heavy atom. The molecule has 0 saturated heterocycles. The van der Waals surface area contributed by atoms with Crippen molar-refractivity contribution in [1.29, 1.82) is 0 Å². The first-order chi connectivity index (χ1) is 45.0. The van der Waals surface area contributed by atoms with Gasteiger partial charge in [0, 0.05) is 25.7 Å². The van der Waals surface area contributed by atoms with Gasteiger partial charge in [-0.2, -0.15) is 0 Å². The van der Waals surface area contributed by atoms with Gasteiger partial charge in [-0.15, -0.1) is 0 Å². The van der Waals surface area contributed by atoms with Crippen LogP contribution >= 0.6 is 15.6 Å². The highest BCUT2D eigenvalue weighted by Crippen LogP contribution is 2.45. The van der Waals surface area contributed by atoms with Gasteiger partial charge in [0.25, 0.3) is 0 Å². The molecule has 93 heavy (non-hydrogen) atoms. The molecule has 0 aromatic rings. The lowest BCUT2D eigenvalue weighted by molar-refractivity contribution is -0.161. The maximum atomic E-state index is 13.1. The second-order valence-corrected chi connectivity index (χ2v) is 30.1. The summed E-state index contributed by atoms with van der Waals surface area (Å²) in [6.07, 6.45) is 55.9. The Kier molecular flexibility index (Phi) is 65.9. The topological polar surface area (TPSA) is 237 Å². The number of unbranched alkanes of at least 4 members (excludes halogenated alkanes) is 46. The van der Waals surface area contributed by atoms with Crippen molar-refractivity contribution < 1.29 is 80.2 Å². The van der Waals surface area contributed by atoms with Crippen LogP contribution in [0.25, 0.3) is 0 Å². The molecule has 552 valence electrons.